The summed E-state index contributed by atoms with van der Waals surface area (Å²) < 4.78 is 17.9. The topological polar surface area (TPSA) is 95.8 Å². The van der Waals surface area contributed by atoms with Crippen LogP contribution in [0.3, 0.4) is 0 Å². The molecule has 4 aromatic rings. The molecule has 0 N–H and O–H groups in total. The van der Waals surface area contributed by atoms with Crippen molar-refractivity contribution in [3.63, 3.8) is 0 Å². The summed E-state index contributed by atoms with van der Waals surface area (Å²) in [6.07, 6.45) is 0.803. The van der Waals surface area contributed by atoms with E-state index in [4.69, 9.17) is 25.8 Å². The number of amides is 1. The Balaban J connectivity index is 1.51. The fourth-order valence-corrected chi connectivity index (χ4v) is 5.70. The Kier molecular flexibility index (Phi) is 7.93. The Hall–Kier alpha value is -4.11. The minimum Gasteiger partial charge on any atom is -0.495 e. The molecule has 1 aromatic heterocycles. The maximum atomic E-state index is 13.4. The Morgan fingerprint density at radius 1 is 1.07 bits per heavy atom. The van der Waals surface area contributed by atoms with Gasteiger partial charge in [-0.05, 0) is 65.9 Å². The lowest BCUT2D eigenvalue weighted by atomic mass is 9.82. The molecule has 208 valence electrons. The number of ether oxygens (including phenoxy) is 3. The van der Waals surface area contributed by atoms with Gasteiger partial charge < -0.3 is 19.1 Å². The second-order valence-corrected chi connectivity index (χ2v) is 10.1. The monoisotopic (exact) mass is 562 g/mol. The van der Waals surface area contributed by atoms with Gasteiger partial charge in [0.1, 0.15) is 22.5 Å². The van der Waals surface area contributed by atoms with Crippen LogP contribution < -0.4 is 9.47 Å². The molecular formula is C30H31ClN4O5. The first kappa shape index (κ1) is 27.5. The van der Waals surface area contributed by atoms with E-state index in [9.17, 15) is 9.59 Å². The maximum absolute atomic E-state index is 13.4. The van der Waals surface area contributed by atoms with Crippen LogP contribution >= 0.6 is 11.6 Å². The van der Waals surface area contributed by atoms with Crippen molar-refractivity contribution < 1.29 is 23.8 Å². The van der Waals surface area contributed by atoms with Crippen LogP contribution in [0.15, 0.2) is 48.5 Å². The van der Waals surface area contributed by atoms with Gasteiger partial charge in [-0.25, -0.2) is 4.68 Å². The predicted molar refractivity (Wildman–Crippen MR) is 151 cm³/mol. The summed E-state index contributed by atoms with van der Waals surface area (Å²) in [6, 6.07) is 15.0. The summed E-state index contributed by atoms with van der Waals surface area (Å²) in [5.74, 6) is 0.482. The van der Waals surface area contributed by atoms with E-state index < -0.39 is 0 Å². The van der Waals surface area contributed by atoms with Crippen molar-refractivity contribution in [2.75, 3.05) is 27.4 Å². The number of hydrogen-bond donors (Lipinski definition) is 0. The zero-order chi connectivity index (χ0) is 28.4. The second-order valence-electron chi connectivity index (χ2n) is 9.68. The Morgan fingerprint density at radius 3 is 2.60 bits per heavy atom. The number of carbonyl (C=O) groups excluding carboxylic acids is 2. The molecule has 1 aliphatic heterocycles. The van der Waals surface area contributed by atoms with Gasteiger partial charge in [0.15, 0.2) is 0 Å². The van der Waals surface area contributed by atoms with Crippen molar-refractivity contribution in [2.24, 2.45) is 7.05 Å². The molecule has 1 atom stereocenters. The standard InChI is InChI=1S/C30H31ClN4O5/c1-5-40-28(36)16-23(20-14-25-29(27(15-20)39-4)34(2)33-32-25)22-8-6-7-19-17-35(12-11-21(19)22)30(37)18-9-10-26(38-3)24(31)13-18/h6-10,13-15,23H,5,11-12,16-17H2,1-4H3/t23-/m1/s1. The summed E-state index contributed by atoms with van der Waals surface area (Å²) in [6.45, 7) is 3.08. The summed E-state index contributed by atoms with van der Waals surface area (Å²) >= 11 is 6.28. The van der Waals surface area contributed by atoms with E-state index in [2.05, 4.69) is 16.4 Å². The number of hydrogen-bond acceptors (Lipinski definition) is 7. The molecule has 0 saturated carbocycles. The van der Waals surface area contributed by atoms with Crippen LogP contribution in [-0.4, -0.2) is 59.1 Å². The van der Waals surface area contributed by atoms with E-state index in [1.165, 1.54) is 0 Å². The number of benzene rings is 3. The number of fused-ring (bicyclic) bond motifs is 2. The Bertz CT molecular complexity index is 1580. The van der Waals surface area contributed by atoms with Crippen LogP contribution in [0.5, 0.6) is 11.5 Å². The Labute approximate surface area is 237 Å². The first-order valence-electron chi connectivity index (χ1n) is 13.1. The lowest BCUT2D eigenvalue weighted by Crippen LogP contribution is -2.36. The van der Waals surface area contributed by atoms with Gasteiger partial charge in [0.25, 0.3) is 5.91 Å². The van der Waals surface area contributed by atoms with E-state index >= 15 is 0 Å². The third-order valence-corrected chi connectivity index (χ3v) is 7.64. The normalized spacial score (nSPS) is 13.6. The summed E-state index contributed by atoms with van der Waals surface area (Å²) in [4.78, 5) is 28.0. The molecule has 0 fully saturated rings. The molecule has 1 amide bonds. The van der Waals surface area contributed by atoms with Gasteiger partial charge in [0, 0.05) is 31.6 Å². The third-order valence-electron chi connectivity index (χ3n) is 7.35. The van der Waals surface area contributed by atoms with E-state index in [-0.39, 0.29) is 24.2 Å². The van der Waals surface area contributed by atoms with Crippen LogP contribution in [0.4, 0.5) is 0 Å². The molecule has 0 radical (unpaired) electrons. The molecule has 0 bridgehead atoms. The molecule has 5 rings (SSSR count). The zero-order valence-corrected chi connectivity index (χ0v) is 23.7. The molecule has 0 saturated heterocycles. The highest BCUT2D eigenvalue weighted by Gasteiger charge is 2.29. The fourth-order valence-electron chi connectivity index (χ4n) is 5.45. The Morgan fingerprint density at radius 2 is 1.88 bits per heavy atom. The highest BCUT2D eigenvalue weighted by molar-refractivity contribution is 6.32. The van der Waals surface area contributed by atoms with Gasteiger partial charge in [-0.3, -0.25) is 9.59 Å². The van der Waals surface area contributed by atoms with Crippen molar-refractivity contribution in [3.8, 4) is 11.5 Å². The highest BCUT2D eigenvalue weighted by atomic mass is 35.5. The number of rotatable bonds is 8. The van der Waals surface area contributed by atoms with Gasteiger partial charge in [0.2, 0.25) is 0 Å². The number of aryl methyl sites for hydroxylation is 1. The molecule has 10 heteroatoms. The number of carbonyl (C=O) groups is 2. The molecular weight excluding hydrogens is 532 g/mol. The van der Waals surface area contributed by atoms with Crippen molar-refractivity contribution in [3.05, 3.63) is 81.4 Å². The lowest BCUT2D eigenvalue weighted by molar-refractivity contribution is -0.143. The van der Waals surface area contributed by atoms with Gasteiger partial charge in [-0.15, -0.1) is 5.10 Å². The molecule has 1 aliphatic rings. The number of methoxy groups -OCH3 is 2. The van der Waals surface area contributed by atoms with Gasteiger partial charge >= 0.3 is 5.97 Å². The molecule has 2 heterocycles. The summed E-state index contributed by atoms with van der Waals surface area (Å²) in [5.41, 5.74) is 6.06. The van der Waals surface area contributed by atoms with Gasteiger partial charge in [0.05, 0.1) is 32.3 Å². The van der Waals surface area contributed by atoms with Crippen molar-refractivity contribution in [2.45, 2.75) is 32.2 Å². The molecule has 0 unspecified atom stereocenters. The SMILES string of the molecule is CCOC(=O)C[C@H](c1cc(OC)c2c(c1)nnn2C)c1cccc2c1CCN(C(=O)c1ccc(OC)c(Cl)c1)C2. The highest BCUT2D eigenvalue weighted by Crippen LogP contribution is 2.38. The molecule has 3 aromatic carbocycles. The van der Waals surface area contributed by atoms with Crippen LogP contribution in [0.2, 0.25) is 5.02 Å². The minimum atomic E-state index is -0.294. The quantitative estimate of drug-likeness (QED) is 0.281. The summed E-state index contributed by atoms with van der Waals surface area (Å²) in [7, 11) is 4.96. The maximum Gasteiger partial charge on any atom is 0.306 e. The van der Waals surface area contributed by atoms with E-state index in [1.807, 2.05) is 36.2 Å². The second kappa shape index (κ2) is 11.6. The van der Waals surface area contributed by atoms with E-state index in [0.717, 1.165) is 27.8 Å². The number of aromatic nitrogens is 3. The molecule has 0 spiro atoms. The lowest BCUT2D eigenvalue weighted by Gasteiger charge is -2.32. The first-order valence-corrected chi connectivity index (χ1v) is 13.5. The van der Waals surface area contributed by atoms with Crippen molar-refractivity contribution in [1.29, 1.82) is 0 Å². The minimum absolute atomic E-state index is 0.0958. The smallest absolute Gasteiger partial charge is 0.306 e. The largest absolute Gasteiger partial charge is 0.495 e. The van der Waals surface area contributed by atoms with Crippen LogP contribution in [0, 0.1) is 0 Å². The van der Waals surface area contributed by atoms with Crippen LogP contribution in [0.1, 0.15) is 51.9 Å². The van der Waals surface area contributed by atoms with E-state index in [1.54, 1.807) is 44.0 Å². The third kappa shape index (κ3) is 5.21. The summed E-state index contributed by atoms with van der Waals surface area (Å²) in [5, 5.41) is 8.84. The molecule has 0 aliphatic carbocycles. The number of esters is 1. The molecule has 40 heavy (non-hydrogen) atoms. The molecule has 9 nitrogen and oxygen atoms in total. The average Bonchev–Trinajstić information content (AvgIpc) is 3.35. The van der Waals surface area contributed by atoms with Crippen molar-refractivity contribution in [1.82, 2.24) is 19.9 Å². The number of nitrogens with zero attached hydrogens (tertiary/aromatic N) is 4. The zero-order valence-electron chi connectivity index (χ0n) is 22.9. The number of halogens is 1. The van der Waals surface area contributed by atoms with Gasteiger partial charge in [-0.2, -0.15) is 0 Å². The average molecular weight is 563 g/mol. The van der Waals surface area contributed by atoms with Crippen LogP contribution in [0.25, 0.3) is 11.0 Å². The van der Waals surface area contributed by atoms with E-state index in [0.29, 0.717) is 53.7 Å². The van der Waals surface area contributed by atoms with Gasteiger partial charge in [-0.1, -0.05) is 35.0 Å². The van der Waals surface area contributed by atoms with Crippen molar-refractivity contribution >= 4 is 34.5 Å². The van der Waals surface area contributed by atoms with Crippen LogP contribution in [-0.2, 0) is 29.5 Å². The first-order chi connectivity index (χ1) is 19.3. The predicted octanol–water partition coefficient (Wildman–Crippen LogP) is 4.92. The fraction of sp³-hybridized carbons (Fsp3) is 0.333.